The molecule has 0 aromatic heterocycles. The molecule has 0 spiro atoms. The first-order chi connectivity index (χ1) is 7.26. The van der Waals surface area contributed by atoms with Crippen LogP contribution in [0.3, 0.4) is 0 Å². The van der Waals surface area contributed by atoms with Gasteiger partial charge < -0.3 is 0 Å². The van der Waals surface area contributed by atoms with Crippen molar-refractivity contribution in [3.63, 3.8) is 0 Å². The maximum atomic E-state index is 11.6. The lowest BCUT2D eigenvalue weighted by atomic mass is 9.69. The monoisotopic (exact) mass is 202 g/mol. The predicted molar refractivity (Wildman–Crippen MR) is 59.3 cm³/mol. The maximum Gasteiger partial charge on any atom is 0.249 e. The van der Waals surface area contributed by atoms with Crippen LogP contribution < -0.4 is 5.73 Å². The summed E-state index contributed by atoms with van der Waals surface area (Å²) in [6.07, 6.45) is 5.03. The molecule has 0 unspecified atom stereocenters. The number of carbonyl (C=O) groups excluding carboxylic acids is 1. The molecule has 1 fully saturated rings. The molecule has 1 amide bonds. The molecule has 0 atom stereocenters. The van der Waals surface area contributed by atoms with Gasteiger partial charge in [-0.05, 0) is 18.4 Å². The van der Waals surface area contributed by atoms with Crippen LogP contribution in [0.4, 0.5) is 0 Å². The molecule has 1 N–H and O–H groups in total. The summed E-state index contributed by atoms with van der Waals surface area (Å²) in [5.74, 6) is -0.409. The van der Waals surface area contributed by atoms with E-state index in [1.807, 2.05) is 30.3 Å². The summed E-state index contributed by atoms with van der Waals surface area (Å²) >= 11 is 0. The van der Waals surface area contributed by atoms with Gasteiger partial charge in [-0.25, -0.2) is 0 Å². The third kappa shape index (κ3) is 1.76. The average molecular weight is 202 g/mol. The first-order valence-electron chi connectivity index (χ1n) is 5.57. The maximum absolute atomic E-state index is 11.6. The molecule has 1 aromatic rings. The lowest BCUT2D eigenvalue weighted by Gasteiger charge is -2.34. The van der Waals surface area contributed by atoms with Crippen LogP contribution in [-0.2, 0) is 10.2 Å². The molecule has 1 aromatic carbocycles. The molecule has 2 heteroatoms. The Bertz CT molecular complexity index is 339. The summed E-state index contributed by atoms with van der Waals surface area (Å²) in [6.45, 7) is 0. The zero-order valence-corrected chi connectivity index (χ0v) is 8.83. The summed E-state index contributed by atoms with van der Waals surface area (Å²) in [6, 6.07) is 9.83. The highest BCUT2D eigenvalue weighted by atomic mass is 16.1. The first kappa shape index (κ1) is 10.2. The molecule has 2 rings (SSSR count). The summed E-state index contributed by atoms with van der Waals surface area (Å²) in [7, 11) is 0. The Labute approximate surface area is 90.5 Å². The fraction of sp³-hybridized carbons (Fsp3) is 0.462. The molecule has 1 aliphatic carbocycles. The van der Waals surface area contributed by atoms with E-state index in [4.69, 9.17) is 5.73 Å². The van der Waals surface area contributed by atoms with Crippen molar-refractivity contribution >= 4 is 5.91 Å². The molecular formula is C13H16NO. The molecule has 0 heterocycles. The Kier molecular flexibility index (Phi) is 2.76. The minimum atomic E-state index is -0.500. The molecule has 15 heavy (non-hydrogen) atoms. The quantitative estimate of drug-likeness (QED) is 0.726. The molecule has 0 aliphatic heterocycles. The predicted octanol–water partition coefficient (Wildman–Crippen LogP) is 2.70. The van der Waals surface area contributed by atoms with Gasteiger partial charge >= 0.3 is 0 Å². The fourth-order valence-corrected chi connectivity index (χ4v) is 2.56. The van der Waals surface area contributed by atoms with Gasteiger partial charge in [0, 0.05) is 0 Å². The lowest BCUT2D eigenvalue weighted by molar-refractivity contribution is -0.125. The number of hydrogen-bond acceptors (Lipinski definition) is 1. The summed E-state index contributed by atoms with van der Waals surface area (Å²) in [4.78, 5) is 11.6. The van der Waals surface area contributed by atoms with Gasteiger partial charge in [0.05, 0.1) is 5.41 Å². The highest BCUT2D eigenvalue weighted by Crippen LogP contribution is 2.39. The third-order valence-electron chi connectivity index (χ3n) is 3.47. The van der Waals surface area contributed by atoms with Crippen LogP contribution >= 0.6 is 0 Å². The van der Waals surface area contributed by atoms with Crippen molar-refractivity contribution in [2.45, 2.75) is 37.5 Å². The van der Waals surface area contributed by atoms with Crippen LogP contribution in [0, 0.1) is 0 Å². The van der Waals surface area contributed by atoms with E-state index in [1.54, 1.807) is 0 Å². The van der Waals surface area contributed by atoms with Crippen LogP contribution in [0.15, 0.2) is 30.3 Å². The lowest BCUT2D eigenvalue weighted by Crippen LogP contribution is -2.38. The zero-order chi connectivity index (χ0) is 10.7. The van der Waals surface area contributed by atoms with Gasteiger partial charge in [0.2, 0.25) is 5.91 Å². The van der Waals surface area contributed by atoms with Crippen molar-refractivity contribution in [2.24, 2.45) is 0 Å². The molecule has 0 saturated heterocycles. The van der Waals surface area contributed by atoms with Crippen molar-refractivity contribution in [1.82, 2.24) is 5.73 Å². The van der Waals surface area contributed by atoms with E-state index < -0.39 is 11.3 Å². The van der Waals surface area contributed by atoms with Crippen LogP contribution in [0.25, 0.3) is 0 Å². The largest absolute Gasteiger partial charge is 0.272 e. The van der Waals surface area contributed by atoms with Crippen LogP contribution in [0.5, 0.6) is 0 Å². The van der Waals surface area contributed by atoms with E-state index in [9.17, 15) is 4.79 Å². The van der Waals surface area contributed by atoms with Gasteiger partial charge in [0.15, 0.2) is 0 Å². The molecule has 2 nitrogen and oxygen atoms in total. The SMILES string of the molecule is [NH]C(=O)C1(c2ccccc2)CCCCC1. The second kappa shape index (κ2) is 4.05. The number of hydrogen-bond donors (Lipinski definition) is 0. The number of benzene rings is 1. The van der Waals surface area contributed by atoms with Gasteiger partial charge in [0.1, 0.15) is 0 Å². The van der Waals surface area contributed by atoms with E-state index >= 15 is 0 Å². The Hall–Kier alpha value is -1.31. The van der Waals surface area contributed by atoms with Crippen molar-refractivity contribution < 1.29 is 4.79 Å². The van der Waals surface area contributed by atoms with Crippen LogP contribution in [0.1, 0.15) is 37.7 Å². The van der Waals surface area contributed by atoms with Gasteiger partial charge in [-0.15, -0.1) is 0 Å². The average Bonchev–Trinajstić information content (AvgIpc) is 2.31. The van der Waals surface area contributed by atoms with Crippen molar-refractivity contribution in [2.75, 3.05) is 0 Å². The molecule has 1 saturated carbocycles. The van der Waals surface area contributed by atoms with E-state index in [1.165, 1.54) is 6.42 Å². The fourth-order valence-electron chi connectivity index (χ4n) is 2.56. The number of rotatable bonds is 2. The Morgan fingerprint density at radius 1 is 1.07 bits per heavy atom. The topological polar surface area (TPSA) is 40.9 Å². The molecule has 1 radical (unpaired) electrons. The van der Waals surface area contributed by atoms with Gasteiger partial charge in [-0.1, -0.05) is 49.6 Å². The van der Waals surface area contributed by atoms with Crippen molar-refractivity contribution in [3.8, 4) is 0 Å². The second-order valence-electron chi connectivity index (χ2n) is 4.34. The number of amides is 1. The van der Waals surface area contributed by atoms with E-state index in [2.05, 4.69) is 0 Å². The Morgan fingerprint density at radius 2 is 1.67 bits per heavy atom. The third-order valence-corrected chi connectivity index (χ3v) is 3.47. The van der Waals surface area contributed by atoms with Gasteiger partial charge in [-0.2, -0.15) is 0 Å². The Morgan fingerprint density at radius 3 is 2.20 bits per heavy atom. The highest BCUT2D eigenvalue weighted by Gasteiger charge is 2.39. The molecule has 1 aliphatic rings. The number of carbonyl (C=O) groups is 1. The zero-order valence-electron chi connectivity index (χ0n) is 8.83. The van der Waals surface area contributed by atoms with E-state index in [-0.39, 0.29) is 0 Å². The van der Waals surface area contributed by atoms with E-state index in [0.717, 1.165) is 31.2 Å². The molecular weight excluding hydrogens is 186 g/mol. The molecule has 0 bridgehead atoms. The highest BCUT2D eigenvalue weighted by molar-refractivity contribution is 5.86. The van der Waals surface area contributed by atoms with Gasteiger partial charge in [0.25, 0.3) is 0 Å². The molecule has 79 valence electrons. The summed E-state index contributed by atoms with van der Waals surface area (Å²) in [5, 5.41) is 0. The second-order valence-corrected chi connectivity index (χ2v) is 4.34. The van der Waals surface area contributed by atoms with Crippen molar-refractivity contribution in [3.05, 3.63) is 35.9 Å². The summed E-state index contributed by atoms with van der Waals surface area (Å²) < 4.78 is 0. The van der Waals surface area contributed by atoms with Crippen LogP contribution in [0.2, 0.25) is 0 Å². The number of nitrogens with one attached hydrogen (secondary N) is 1. The smallest absolute Gasteiger partial charge is 0.249 e. The first-order valence-corrected chi connectivity index (χ1v) is 5.57. The Balaban J connectivity index is 2.38. The minimum absolute atomic E-state index is 0.409. The normalized spacial score (nSPS) is 19.7. The van der Waals surface area contributed by atoms with Gasteiger partial charge in [-0.3, -0.25) is 10.5 Å². The summed E-state index contributed by atoms with van der Waals surface area (Å²) in [5.41, 5.74) is 8.05. The van der Waals surface area contributed by atoms with Crippen molar-refractivity contribution in [1.29, 1.82) is 0 Å². The standard InChI is InChI=1S/C13H16NO/c14-12(15)13(9-5-2-6-10-13)11-7-3-1-4-8-11/h1,3-4,7-8,14H,2,5-6,9-10H2. The van der Waals surface area contributed by atoms with Crippen LogP contribution in [-0.4, -0.2) is 5.91 Å². The van der Waals surface area contributed by atoms with E-state index in [0.29, 0.717) is 0 Å². The minimum Gasteiger partial charge on any atom is -0.272 e.